The first-order chi connectivity index (χ1) is 19.6. The second-order valence-electron chi connectivity index (χ2n) is 10.1. The number of aliphatic hydroxyl groups is 1. The van der Waals surface area contributed by atoms with Gasteiger partial charge >= 0.3 is 19.4 Å². The molecular formula is C26H29BrF2N3O9P. The molecule has 3 aromatic rings. The van der Waals surface area contributed by atoms with Crippen molar-refractivity contribution >= 4 is 40.4 Å². The maximum Gasteiger partial charge on any atom is 0.459 e. The quantitative estimate of drug-likeness (QED) is 0.213. The first-order valence-electron chi connectivity index (χ1n) is 12.7. The molecular weight excluding hydrogens is 647 g/mol. The minimum Gasteiger partial charge on any atom is -0.462 e. The highest BCUT2D eigenvalue weighted by Crippen LogP contribution is 2.52. The van der Waals surface area contributed by atoms with Gasteiger partial charge < -0.3 is 19.1 Å². The maximum absolute atomic E-state index is 16.1. The Labute approximate surface area is 246 Å². The first-order valence-corrected chi connectivity index (χ1v) is 15.0. The highest BCUT2D eigenvalue weighted by Gasteiger charge is 2.65. The van der Waals surface area contributed by atoms with Crippen molar-refractivity contribution < 1.29 is 41.8 Å². The molecule has 0 amide bonds. The zero-order valence-electron chi connectivity index (χ0n) is 22.9. The molecule has 6 atom stereocenters. The summed E-state index contributed by atoms with van der Waals surface area (Å²) < 4.78 is 67.6. The van der Waals surface area contributed by atoms with Crippen LogP contribution in [0.4, 0.5) is 8.78 Å². The number of H-pyrrole nitrogens is 1. The Hall–Kier alpha value is -2.94. The van der Waals surface area contributed by atoms with Gasteiger partial charge in [0.05, 0.1) is 10.6 Å². The van der Waals surface area contributed by atoms with Gasteiger partial charge in [-0.1, -0.05) is 36.4 Å². The Bertz CT molecular complexity index is 1640. The van der Waals surface area contributed by atoms with E-state index in [4.69, 9.17) is 18.5 Å². The van der Waals surface area contributed by atoms with Gasteiger partial charge in [0, 0.05) is 11.6 Å². The lowest BCUT2D eigenvalue weighted by molar-refractivity contribution is -0.204. The number of rotatable bonds is 10. The van der Waals surface area contributed by atoms with E-state index in [1.54, 1.807) is 50.2 Å². The van der Waals surface area contributed by atoms with Gasteiger partial charge in [-0.3, -0.25) is 23.7 Å². The van der Waals surface area contributed by atoms with Gasteiger partial charge in [-0.2, -0.15) is 5.09 Å². The smallest absolute Gasteiger partial charge is 0.459 e. The van der Waals surface area contributed by atoms with Crippen LogP contribution in [0.15, 0.2) is 62.7 Å². The number of nitrogens with zero attached hydrogens (tertiary/aromatic N) is 1. The Morgan fingerprint density at radius 3 is 2.57 bits per heavy atom. The van der Waals surface area contributed by atoms with E-state index in [9.17, 15) is 24.1 Å². The number of fused-ring (bicyclic) bond motifs is 1. The summed E-state index contributed by atoms with van der Waals surface area (Å²) in [6, 6.07) is 10.5. The van der Waals surface area contributed by atoms with E-state index in [2.05, 4.69) is 21.0 Å². The van der Waals surface area contributed by atoms with E-state index in [1.165, 1.54) is 13.0 Å². The number of hydrogen-bond acceptors (Lipinski definition) is 9. The Kier molecular flexibility index (Phi) is 9.12. The zero-order valence-corrected chi connectivity index (χ0v) is 25.4. The van der Waals surface area contributed by atoms with Crippen LogP contribution in [0.5, 0.6) is 5.75 Å². The molecule has 42 heavy (non-hydrogen) atoms. The van der Waals surface area contributed by atoms with E-state index in [0.29, 0.717) is 15.3 Å². The number of nitrogens with one attached hydrogen (secondary N) is 2. The summed E-state index contributed by atoms with van der Waals surface area (Å²) in [5, 5.41) is 14.2. The fourth-order valence-corrected chi connectivity index (χ4v) is 6.13. The van der Waals surface area contributed by atoms with Crippen molar-refractivity contribution in [3.8, 4) is 5.75 Å². The molecule has 0 unspecified atom stereocenters. The molecule has 12 nitrogen and oxygen atoms in total. The average molecular weight is 676 g/mol. The summed E-state index contributed by atoms with van der Waals surface area (Å²) in [5.74, 6) is -4.15. The fourth-order valence-electron chi connectivity index (χ4n) is 4.29. The molecule has 16 heteroatoms. The lowest BCUT2D eigenvalue weighted by atomic mass is 9.97. The van der Waals surface area contributed by atoms with E-state index >= 15 is 8.78 Å². The molecule has 228 valence electrons. The Balaban J connectivity index is 1.65. The number of aromatic nitrogens is 2. The van der Waals surface area contributed by atoms with Crippen LogP contribution >= 0.6 is 23.7 Å². The molecule has 0 radical (unpaired) electrons. The van der Waals surface area contributed by atoms with Crippen LogP contribution in [0, 0.1) is 0 Å². The van der Waals surface area contributed by atoms with Crippen molar-refractivity contribution in [2.45, 2.75) is 63.7 Å². The summed E-state index contributed by atoms with van der Waals surface area (Å²) in [5.41, 5.74) is -4.91. The fraction of sp³-hybridized carbons (Fsp3) is 0.423. The van der Waals surface area contributed by atoms with Crippen molar-refractivity contribution in [2.75, 3.05) is 6.61 Å². The number of aliphatic hydroxyl groups excluding tert-OH is 1. The molecule has 1 aliphatic heterocycles. The van der Waals surface area contributed by atoms with Crippen LogP contribution in [0.1, 0.15) is 33.9 Å². The van der Waals surface area contributed by atoms with Gasteiger partial charge in [0.2, 0.25) is 0 Å². The first kappa shape index (κ1) is 32.0. The summed E-state index contributed by atoms with van der Waals surface area (Å²) in [6.45, 7) is 3.94. The Morgan fingerprint density at radius 1 is 1.21 bits per heavy atom. The molecule has 0 saturated carbocycles. The number of ether oxygens (including phenoxy) is 2. The van der Waals surface area contributed by atoms with E-state index in [0.717, 1.165) is 13.1 Å². The second-order valence-corrected chi connectivity index (χ2v) is 12.7. The van der Waals surface area contributed by atoms with Gasteiger partial charge in [-0.15, -0.1) is 0 Å². The number of hydrogen-bond donors (Lipinski definition) is 3. The van der Waals surface area contributed by atoms with Gasteiger partial charge in [-0.05, 0) is 55.1 Å². The van der Waals surface area contributed by atoms with Crippen molar-refractivity contribution in [1.82, 2.24) is 14.6 Å². The number of aromatic amines is 1. The number of carbonyl (C=O) groups is 1. The average Bonchev–Trinajstić information content (AvgIpc) is 3.09. The molecule has 1 saturated heterocycles. The van der Waals surface area contributed by atoms with Crippen LogP contribution < -0.4 is 20.9 Å². The van der Waals surface area contributed by atoms with E-state index < -0.39 is 67.6 Å². The molecule has 0 spiro atoms. The van der Waals surface area contributed by atoms with Gasteiger partial charge in [-0.25, -0.2) is 18.1 Å². The van der Waals surface area contributed by atoms with Crippen LogP contribution in [0.3, 0.4) is 0 Å². The van der Waals surface area contributed by atoms with Crippen LogP contribution in [-0.4, -0.2) is 57.0 Å². The molecule has 1 aromatic heterocycles. The highest BCUT2D eigenvalue weighted by atomic mass is 79.9. The predicted octanol–water partition coefficient (Wildman–Crippen LogP) is 3.87. The molecule has 2 aromatic carbocycles. The lowest BCUT2D eigenvalue weighted by Crippen LogP contribution is -2.48. The van der Waals surface area contributed by atoms with Crippen LogP contribution in [-0.2, 0) is 23.4 Å². The second kappa shape index (κ2) is 12.0. The van der Waals surface area contributed by atoms with Gasteiger partial charge in [0.1, 0.15) is 18.4 Å². The normalized spacial score (nSPS) is 26.2. The minimum absolute atomic E-state index is 0.0482. The molecule has 4 rings (SSSR count). The third kappa shape index (κ3) is 6.51. The standard InChI is InChI=1S/C26H29BrF2N3O9P/c1-14(2)39-21(34)15(3)31-42(37,41-19-11-7-9-16-8-5-6-10-17(16)19)38-13-26(29)22(35)25(4,28)23(40-26)32-12-18(27)20(33)30-24(32)36/h5-12,14-15,22-23,35H,13H2,1-4H3,(H,31,37)(H,30,33,36)/t15-,22-,23+,25+,26+,42-/m0/s1. The number of halogens is 3. The van der Waals surface area contributed by atoms with Crippen LogP contribution in [0.25, 0.3) is 10.8 Å². The molecule has 1 aliphatic rings. The largest absolute Gasteiger partial charge is 0.462 e. The van der Waals surface area contributed by atoms with Crippen LogP contribution in [0.2, 0.25) is 0 Å². The number of carbonyl (C=O) groups excluding carboxylic acids is 1. The number of esters is 1. The summed E-state index contributed by atoms with van der Waals surface area (Å²) in [6.07, 6.45) is -4.27. The highest BCUT2D eigenvalue weighted by molar-refractivity contribution is 9.10. The molecule has 0 bridgehead atoms. The number of benzene rings is 2. The third-order valence-electron chi connectivity index (χ3n) is 6.37. The zero-order chi connectivity index (χ0) is 31.0. The topological polar surface area (TPSA) is 158 Å². The molecule has 2 heterocycles. The maximum atomic E-state index is 16.1. The lowest BCUT2D eigenvalue weighted by Gasteiger charge is -2.28. The monoisotopic (exact) mass is 675 g/mol. The van der Waals surface area contributed by atoms with Crippen molar-refractivity contribution in [2.24, 2.45) is 0 Å². The summed E-state index contributed by atoms with van der Waals surface area (Å²) in [4.78, 5) is 38.5. The molecule has 3 N–H and O–H groups in total. The SMILES string of the molecule is CC(C)OC(=O)[C@H](C)N[P@](=O)(OC[C@@]1(F)O[C@@H](n2cc(Br)c(=O)[nH]c2=O)[C@](C)(F)[C@@H]1O)Oc1cccc2ccccc12. The summed E-state index contributed by atoms with van der Waals surface area (Å²) in [7, 11) is -4.71. The third-order valence-corrected chi connectivity index (χ3v) is 8.54. The van der Waals surface area contributed by atoms with Crippen molar-refractivity contribution in [1.29, 1.82) is 0 Å². The van der Waals surface area contributed by atoms with Crippen molar-refractivity contribution in [3.63, 3.8) is 0 Å². The number of alkyl halides is 2. The molecule has 0 aliphatic carbocycles. The predicted molar refractivity (Wildman–Crippen MR) is 150 cm³/mol. The van der Waals surface area contributed by atoms with E-state index in [1.807, 2.05) is 4.98 Å². The van der Waals surface area contributed by atoms with Crippen molar-refractivity contribution in [3.05, 3.63) is 74.0 Å². The minimum atomic E-state index is -4.71. The Morgan fingerprint density at radius 2 is 1.88 bits per heavy atom. The van der Waals surface area contributed by atoms with Gasteiger partial charge in [0.25, 0.3) is 11.4 Å². The van der Waals surface area contributed by atoms with E-state index in [-0.39, 0.29) is 10.2 Å². The molecule has 1 fully saturated rings. The van der Waals surface area contributed by atoms with Gasteiger partial charge in [0.15, 0.2) is 18.0 Å². The summed E-state index contributed by atoms with van der Waals surface area (Å²) >= 11 is 2.90.